The minimum Gasteiger partial charge on any atom is -0.350 e. The molecule has 4 heterocycles. The Hall–Kier alpha value is -1.72. The van der Waals surface area contributed by atoms with Crippen LogP contribution in [0.3, 0.4) is 0 Å². The highest BCUT2D eigenvalue weighted by Crippen LogP contribution is 2.43. The highest BCUT2D eigenvalue weighted by atomic mass is 32.1. The molecular weight excluding hydrogens is 318 g/mol. The monoisotopic (exact) mass is 341 g/mol. The summed E-state index contributed by atoms with van der Waals surface area (Å²) >= 11 is 1.88. The highest BCUT2D eigenvalue weighted by Gasteiger charge is 2.48. The minimum atomic E-state index is -0.0691. The van der Waals surface area contributed by atoms with Gasteiger partial charge in [0.1, 0.15) is 0 Å². The lowest BCUT2D eigenvalue weighted by Gasteiger charge is -2.43. The number of pyridine rings is 1. The number of amides is 1. The minimum absolute atomic E-state index is 0.0691. The van der Waals surface area contributed by atoms with Crippen molar-refractivity contribution in [3.05, 3.63) is 52.0 Å². The largest absolute Gasteiger partial charge is 0.350 e. The second-order valence-electron chi connectivity index (χ2n) is 7.03. The number of aryl methyl sites for hydroxylation is 1. The normalized spacial score (nSPS) is 23.5. The molecule has 5 heteroatoms. The zero-order valence-electron chi connectivity index (χ0n) is 14.0. The first-order valence-electron chi connectivity index (χ1n) is 8.63. The number of hydrogen-bond donors (Lipinski definition) is 1. The molecule has 0 unspecified atom stereocenters. The van der Waals surface area contributed by atoms with Crippen molar-refractivity contribution in [1.29, 1.82) is 0 Å². The lowest BCUT2D eigenvalue weighted by atomic mass is 9.74. The molecule has 2 aromatic heterocycles. The first-order valence-corrected chi connectivity index (χ1v) is 9.45. The Morgan fingerprint density at radius 1 is 1.25 bits per heavy atom. The summed E-state index contributed by atoms with van der Waals surface area (Å²) in [5.41, 5.74) is 1.17. The summed E-state index contributed by atoms with van der Waals surface area (Å²) in [6.07, 6.45) is 6.32. The van der Waals surface area contributed by atoms with E-state index < -0.39 is 0 Å². The molecule has 0 saturated carbocycles. The maximum absolute atomic E-state index is 12.1. The summed E-state index contributed by atoms with van der Waals surface area (Å²) in [6.45, 7) is 5.27. The van der Waals surface area contributed by atoms with E-state index in [9.17, 15) is 4.79 Å². The SMILES string of the molecule is Cc1ccc(CN2CCC3(CC2)NC(=O)C[C@H]3c2ccncc2)s1. The van der Waals surface area contributed by atoms with Crippen LogP contribution in [0.25, 0.3) is 0 Å². The van der Waals surface area contributed by atoms with Crippen molar-refractivity contribution < 1.29 is 4.79 Å². The van der Waals surface area contributed by atoms with Crippen LogP contribution in [0.5, 0.6) is 0 Å². The van der Waals surface area contributed by atoms with Gasteiger partial charge in [-0.1, -0.05) is 0 Å². The summed E-state index contributed by atoms with van der Waals surface area (Å²) in [5, 5.41) is 3.32. The zero-order valence-corrected chi connectivity index (χ0v) is 14.8. The fourth-order valence-corrected chi connectivity index (χ4v) is 5.14. The second kappa shape index (κ2) is 6.30. The Kier molecular flexibility index (Phi) is 4.14. The fourth-order valence-electron chi connectivity index (χ4n) is 4.20. The highest BCUT2D eigenvalue weighted by molar-refractivity contribution is 7.11. The smallest absolute Gasteiger partial charge is 0.221 e. The van der Waals surface area contributed by atoms with Crippen LogP contribution in [0, 0.1) is 6.92 Å². The van der Waals surface area contributed by atoms with Gasteiger partial charge in [-0.15, -0.1) is 11.3 Å². The van der Waals surface area contributed by atoms with Crippen LogP contribution in [-0.4, -0.2) is 34.4 Å². The molecule has 0 bridgehead atoms. The molecule has 1 atom stereocenters. The molecule has 1 amide bonds. The van der Waals surface area contributed by atoms with Gasteiger partial charge in [-0.2, -0.15) is 0 Å². The maximum atomic E-state index is 12.1. The molecule has 126 valence electrons. The standard InChI is InChI=1S/C19H23N3OS/c1-14-2-3-16(24-14)13-22-10-6-19(7-11-22)17(12-18(23)21-19)15-4-8-20-9-5-15/h2-5,8-9,17H,6-7,10-13H2,1H3,(H,21,23)/t17-/m0/s1. The molecule has 4 nitrogen and oxygen atoms in total. The number of nitrogens with one attached hydrogen (secondary N) is 1. The summed E-state index contributed by atoms with van der Waals surface area (Å²) in [7, 11) is 0. The number of rotatable bonds is 3. The third-order valence-corrected chi connectivity index (χ3v) is 6.46. The maximum Gasteiger partial charge on any atom is 0.221 e. The van der Waals surface area contributed by atoms with E-state index in [-0.39, 0.29) is 17.4 Å². The average Bonchev–Trinajstić information content (AvgIpc) is 3.14. The van der Waals surface area contributed by atoms with Crippen LogP contribution in [0.4, 0.5) is 0 Å². The lowest BCUT2D eigenvalue weighted by Crippen LogP contribution is -2.53. The summed E-state index contributed by atoms with van der Waals surface area (Å²) in [4.78, 5) is 21.6. The quantitative estimate of drug-likeness (QED) is 0.933. The van der Waals surface area contributed by atoms with Gasteiger partial charge in [0.2, 0.25) is 5.91 Å². The van der Waals surface area contributed by atoms with E-state index in [4.69, 9.17) is 0 Å². The summed E-state index contributed by atoms with van der Waals surface area (Å²) in [5.74, 6) is 0.471. The van der Waals surface area contributed by atoms with Gasteiger partial charge in [-0.3, -0.25) is 14.7 Å². The molecule has 0 radical (unpaired) electrons. The third-order valence-electron chi connectivity index (χ3n) is 5.48. The molecule has 2 saturated heterocycles. The van der Waals surface area contributed by atoms with Crippen LogP contribution >= 0.6 is 11.3 Å². The molecular formula is C19H23N3OS. The van der Waals surface area contributed by atoms with E-state index in [1.54, 1.807) is 0 Å². The van der Waals surface area contributed by atoms with Gasteiger partial charge in [-0.05, 0) is 49.6 Å². The molecule has 1 spiro atoms. The van der Waals surface area contributed by atoms with Crippen molar-refractivity contribution in [2.45, 2.75) is 44.2 Å². The molecule has 0 aromatic carbocycles. The van der Waals surface area contributed by atoms with Gasteiger partial charge in [0.25, 0.3) is 0 Å². The van der Waals surface area contributed by atoms with Crippen molar-refractivity contribution in [3.63, 3.8) is 0 Å². The molecule has 4 rings (SSSR count). The van der Waals surface area contributed by atoms with Crippen LogP contribution < -0.4 is 5.32 Å². The Morgan fingerprint density at radius 2 is 2.00 bits per heavy atom. The van der Waals surface area contributed by atoms with Crippen LogP contribution in [-0.2, 0) is 11.3 Å². The topological polar surface area (TPSA) is 45.2 Å². The van der Waals surface area contributed by atoms with Gasteiger partial charge in [0.05, 0.1) is 0 Å². The number of hydrogen-bond acceptors (Lipinski definition) is 4. The number of thiophene rings is 1. The van der Waals surface area contributed by atoms with E-state index in [1.807, 2.05) is 23.7 Å². The van der Waals surface area contributed by atoms with Crippen molar-refractivity contribution in [1.82, 2.24) is 15.2 Å². The molecule has 2 aromatic rings. The first-order chi connectivity index (χ1) is 11.6. The number of carbonyl (C=O) groups is 1. The van der Waals surface area contributed by atoms with Gasteiger partial charge in [-0.25, -0.2) is 0 Å². The molecule has 24 heavy (non-hydrogen) atoms. The fraction of sp³-hybridized carbons (Fsp3) is 0.474. The van der Waals surface area contributed by atoms with E-state index in [0.717, 1.165) is 32.5 Å². The number of piperidine rings is 1. The zero-order chi connectivity index (χ0) is 16.6. The van der Waals surface area contributed by atoms with E-state index in [1.165, 1.54) is 15.3 Å². The lowest BCUT2D eigenvalue weighted by molar-refractivity contribution is -0.120. The van der Waals surface area contributed by atoms with E-state index in [2.05, 4.69) is 46.4 Å². The molecule has 2 fully saturated rings. The van der Waals surface area contributed by atoms with Crippen LogP contribution in [0.1, 0.15) is 40.5 Å². The number of carbonyl (C=O) groups excluding carboxylic acids is 1. The molecule has 1 N–H and O–H groups in total. The van der Waals surface area contributed by atoms with Crippen molar-refractivity contribution in [3.8, 4) is 0 Å². The average molecular weight is 341 g/mol. The third kappa shape index (κ3) is 2.98. The summed E-state index contributed by atoms with van der Waals surface area (Å²) in [6, 6.07) is 8.56. The van der Waals surface area contributed by atoms with Gasteiger partial charge in [0, 0.05) is 59.7 Å². The Labute approximate surface area is 146 Å². The van der Waals surface area contributed by atoms with Crippen LogP contribution in [0.2, 0.25) is 0 Å². The predicted molar refractivity (Wildman–Crippen MR) is 96.0 cm³/mol. The second-order valence-corrected chi connectivity index (χ2v) is 8.40. The number of likely N-dealkylation sites (tertiary alicyclic amines) is 1. The summed E-state index contributed by atoms with van der Waals surface area (Å²) < 4.78 is 0. The first kappa shape index (κ1) is 15.8. The van der Waals surface area contributed by atoms with Crippen LogP contribution in [0.15, 0.2) is 36.7 Å². The predicted octanol–water partition coefficient (Wildman–Crippen LogP) is 3.09. The molecule has 0 aliphatic carbocycles. The Morgan fingerprint density at radius 3 is 2.67 bits per heavy atom. The molecule has 2 aliphatic heterocycles. The van der Waals surface area contributed by atoms with Gasteiger partial charge >= 0.3 is 0 Å². The van der Waals surface area contributed by atoms with E-state index in [0.29, 0.717) is 6.42 Å². The Bertz CT molecular complexity index is 719. The van der Waals surface area contributed by atoms with E-state index >= 15 is 0 Å². The van der Waals surface area contributed by atoms with Crippen molar-refractivity contribution >= 4 is 17.2 Å². The molecule has 2 aliphatic rings. The van der Waals surface area contributed by atoms with Crippen molar-refractivity contribution in [2.75, 3.05) is 13.1 Å². The Balaban J connectivity index is 1.47. The number of aromatic nitrogens is 1. The number of nitrogens with zero attached hydrogens (tertiary/aromatic N) is 2. The van der Waals surface area contributed by atoms with Gasteiger partial charge in [0.15, 0.2) is 0 Å². The van der Waals surface area contributed by atoms with Gasteiger partial charge < -0.3 is 5.32 Å². The van der Waals surface area contributed by atoms with Crippen molar-refractivity contribution in [2.24, 2.45) is 0 Å².